The van der Waals surface area contributed by atoms with Crippen molar-refractivity contribution < 1.29 is 0 Å². The zero-order valence-corrected chi connectivity index (χ0v) is 12.1. The van der Waals surface area contributed by atoms with Crippen LogP contribution in [0.15, 0.2) is 43.5 Å². The molecule has 1 aromatic carbocycles. The summed E-state index contributed by atoms with van der Waals surface area (Å²) in [6, 6.07) is 10.6. The van der Waals surface area contributed by atoms with Gasteiger partial charge in [-0.3, -0.25) is 0 Å². The number of unbranched alkanes of at least 4 members (excludes halogenated alkanes) is 1. The molecule has 0 aromatic heterocycles. The number of aryl methyl sites for hydroxylation is 1. The zero-order chi connectivity index (χ0) is 14.1. The maximum atomic E-state index is 5.14. The van der Waals surface area contributed by atoms with E-state index in [1.54, 1.807) is 0 Å². The minimum atomic E-state index is 0.844. The van der Waals surface area contributed by atoms with Crippen LogP contribution in [0.4, 0.5) is 0 Å². The van der Waals surface area contributed by atoms with E-state index >= 15 is 0 Å². The van der Waals surface area contributed by atoms with E-state index < -0.39 is 0 Å². The third-order valence-electron chi connectivity index (χ3n) is 2.29. The number of hydrogen-bond acceptors (Lipinski definition) is 2. The van der Waals surface area contributed by atoms with Gasteiger partial charge in [-0.15, -0.1) is 13.2 Å². The molecule has 0 saturated heterocycles. The smallest absolute Gasteiger partial charge is 0.00488 e. The van der Waals surface area contributed by atoms with Gasteiger partial charge in [-0.25, -0.2) is 0 Å². The van der Waals surface area contributed by atoms with Gasteiger partial charge in [0.05, 0.1) is 0 Å². The molecule has 0 heterocycles. The van der Waals surface area contributed by atoms with Crippen molar-refractivity contribution >= 4 is 0 Å². The summed E-state index contributed by atoms with van der Waals surface area (Å²) in [5.74, 6) is 0. The Kier molecular flexibility index (Phi) is 19.5. The Labute approximate surface area is 113 Å². The molecule has 1 rings (SSSR count). The number of benzene rings is 1. The molecule has 104 valence electrons. The highest BCUT2D eigenvalue weighted by Gasteiger charge is 1.88. The highest BCUT2D eigenvalue weighted by molar-refractivity contribution is 5.14. The maximum absolute atomic E-state index is 5.14. The summed E-state index contributed by atoms with van der Waals surface area (Å²) >= 11 is 0. The molecule has 2 nitrogen and oxygen atoms in total. The van der Waals surface area contributed by atoms with Gasteiger partial charge >= 0.3 is 0 Å². The standard InChI is InChI=1S/C10H15N.C4H11N.C2H4/c1-11-9-5-8-10-6-3-2-4-7-10;1-2-3-4-5;1-2/h2-4,6-7,11H,5,8-9H2,1H3;2-5H2,1H3;1-2H2. The molecule has 3 N–H and O–H groups in total. The van der Waals surface area contributed by atoms with Crippen molar-refractivity contribution in [2.45, 2.75) is 32.6 Å². The van der Waals surface area contributed by atoms with Crippen molar-refractivity contribution in [2.75, 3.05) is 20.1 Å². The van der Waals surface area contributed by atoms with E-state index in [4.69, 9.17) is 5.73 Å². The first-order valence-electron chi connectivity index (χ1n) is 6.73. The lowest BCUT2D eigenvalue weighted by Crippen LogP contribution is -2.08. The number of rotatable bonds is 6. The molecule has 0 atom stereocenters. The van der Waals surface area contributed by atoms with Crippen LogP contribution in [0.5, 0.6) is 0 Å². The summed E-state index contributed by atoms with van der Waals surface area (Å²) in [5, 5.41) is 3.14. The van der Waals surface area contributed by atoms with Gasteiger partial charge in [0, 0.05) is 0 Å². The minimum absolute atomic E-state index is 0.844. The van der Waals surface area contributed by atoms with Crippen LogP contribution in [0, 0.1) is 0 Å². The van der Waals surface area contributed by atoms with Crippen molar-refractivity contribution in [3.05, 3.63) is 49.1 Å². The maximum Gasteiger partial charge on any atom is -0.00488 e. The van der Waals surface area contributed by atoms with Gasteiger partial charge < -0.3 is 11.1 Å². The van der Waals surface area contributed by atoms with Crippen LogP contribution < -0.4 is 11.1 Å². The fourth-order valence-electron chi connectivity index (χ4n) is 1.32. The molecule has 0 aliphatic heterocycles. The molecule has 0 aliphatic rings. The predicted molar refractivity (Wildman–Crippen MR) is 83.9 cm³/mol. The third kappa shape index (κ3) is 14.9. The SMILES string of the molecule is C=C.CCCCN.CNCCCc1ccccc1. The second-order valence-corrected chi connectivity index (χ2v) is 3.83. The molecular formula is C16H30N2. The molecule has 0 bridgehead atoms. The molecule has 0 spiro atoms. The summed E-state index contributed by atoms with van der Waals surface area (Å²) in [7, 11) is 1.99. The molecule has 0 amide bonds. The molecule has 18 heavy (non-hydrogen) atoms. The molecular weight excluding hydrogens is 220 g/mol. The van der Waals surface area contributed by atoms with E-state index in [2.05, 4.69) is 55.7 Å². The average Bonchev–Trinajstić information content (AvgIpc) is 2.44. The molecule has 0 unspecified atom stereocenters. The van der Waals surface area contributed by atoms with E-state index in [1.165, 1.54) is 31.2 Å². The van der Waals surface area contributed by atoms with Gasteiger partial charge in [-0.1, -0.05) is 43.7 Å². The highest BCUT2D eigenvalue weighted by Crippen LogP contribution is 2.00. The Balaban J connectivity index is 0. The Morgan fingerprint density at radius 2 is 1.72 bits per heavy atom. The minimum Gasteiger partial charge on any atom is -0.330 e. The summed E-state index contributed by atoms with van der Waals surface area (Å²) < 4.78 is 0. The highest BCUT2D eigenvalue weighted by atomic mass is 14.8. The lowest BCUT2D eigenvalue weighted by Gasteiger charge is -1.99. The van der Waals surface area contributed by atoms with Crippen molar-refractivity contribution in [1.82, 2.24) is 5.32 Å². The second kappa shape index (κ2) is 18.3. The quantitative estimate of drug-likeness (QED) is 0.600. The molecule has 0 fully saturated rings. The van der Waals surface area contributed by atoms with E-state index in [0.29, 0.717) is 0 Å². The van der Waals surface area contributed by atoms with Crippen LogP contribution >= 0.6 is 0 Å². The zero-order valence-electron chi connectivity index (χ0n) is 12.1. The fourth-order valence-corrected chi connectivity index (χ4v) is 1.32. The van der Waals surface area contributed by atoms with E-state index in [0.717, 1.165) is 13.1 Å². The number of nitrogens with one attached hydrogen (secondary N) is 1. The van der Waals surface area contributed by atoms with Crippen LogP contribution in [0.1, 0.15) is 31.7 Å². The van der Waals surface area contributed by atoms with Crippen molar-refractivity contribution in [3.8, 4) is 0 Å². The van der Waals surface area contributed by atoms with Gasteiger partial charge in [0.1, 0.15) is 0 Å². The van der Waals surface area contributed by atoms with Gasteiger partial charge in [-0.2, -0.15) is 0 Å². The van der Waals surface area contributed by atoms with Crippen LogP contribution in [0.3, 0.4) is 0 Å². The molecule has 2 heteroatoms. The predicted octanol–water partition coefficient (Wildman–Crippen LogP) is 3.39. The first-order chi connectivity index (χ1) is 8.85. The topological polar surface area (TPSA) is 38.0 Å². The third-order valence-corrected chi connectivity index (χ3v) is 2.29. The fraction of sp³-hybridized carbons (Fsp3) is 0.500. The largest absolute Gasteiger partial charge is 0.330 e. The average molecular weight is 250 g/mol. The Hall–Kier alpha value is -1.12. The molecule has 1 aromatic rings. The summed E-state index contributed by atoms with van der Waals surface area (Å²) in [6.07, 6.45) is 4.79. The summed E-state index contributed by atoms with van der Waals surface area (Å²) in [5.41, 5.74) is 6.57. The van der Waals surface area contributed by atoms with Gasteiger partial charge in [-0.05, 0) is 45.0 Å². The Morgan fingerprint density at radius 1 is 1.11 bits per heavy atom. The molecule has 0 radical (unpaired) electrons. The lowest BCUT2D eigenvalue weighted by molar-refractivity contribution is 0.725. The van der Waals surface area contributed by atoms with Gasteiger partial charge in [0.2, 0.25) is 0 Å². The van der Waals surface area contributed by atoms with Crippen LogP contribution in [0.25, 0.3) is 0 Å². The lowest BCUT2D eigenvalue weighted by atomic mass is 10.1. The number of hydrogen-bond donors (Lipinski definition) is 2. The Morgan fingerprint density at radius 3 is 2.11 bits per heavy atom. The van der Waals surface area contributed by atoms with Crippen molar-refractivity contribution in [2.24, 2.45) is 5.73 Å². The van der Waals surface area contributed by atoms with Crippen molar-refractivity contribution in [1.29, 1.82) is 0 Å². The Bertz CT molecular complexity index is 232. The van der Waals surface area contributed by atoms with Crippen LogP contribution in [-0.2, 0) is 6.42 Å². The van der Waals surface area contributed by atoms with Crippen LogP contribution in [0.2, 0.25) is 0 Å². The second-order valence-electron chi connectivity index (χ2n) is 3.83. The van der Waals surface area contributed by atoms with E-state index in [9.17, 15) is 0 Å². The normalized spacial score (nSPS) is 8.61. The van der Waals surface area contributed by atoms with E-state index in [1.807, 2.05) is 7.05 Å². The van der Waals surface area contributed by atoms with Crippen molar-refractivity contribution in [3.63, 3.8) is 0 Å². The first-order valence-corrected chi connectivity index (χ1v) is 6.73. The molecule has 0 saturated carbocycles. The van der Waals surface area contributed by atoms with Crippen LogP contribution in [-0.4, -0.2) is 20.1 Å². The van der Waals surface area contributed by atoms with Gasteiger partial charge in [0.25, 0.3) is 0 Å². The molecule has 0 aliphatic carbocycles. The summed E-state index contributed by atoms with van der Waals surface area (Å²) in [6.45, 7) is 10.1. The summed E-state index contributed by atoms with van der Waals surface area (Å²) in [4.78, 5) is 0. The van der Waals surface area contributed by atoms with E-state index in [-0.39, 0.29) is 0 Å². The monoisotopic (exact) mass is 250 g/mol. The van der Waals surface area contributed by atoms with Gasteiger partial charge in [0.15, 0.2) is 0 Å². The number of nitrogens with two attached hydrogens (primary N) is 1. The first kappa shape index (κ1) is 19.2.